The Bertz CT molecular complexity index is 815. The van der Waals surface area contributed by atoms with Gasteiger partial charge < -0.3 is 10.6 Å². The summed E-state index contributed by atoms with van der Waals surface area (Å²) in [4.78, 5) is 21.8. The van der Waals surface area contributed by atoms with Crippen LogP contribution in [0.5, 0.6) is 0 Å². The minimum atomic E-state index is -2.59. The number of rotatable bonds is 5. The minimum absolute atomic E-state index is 0.0242. The maximum atomic E-state index is 12.2. The first kappa shape index (κ1) is 21.1. The van der Waals surface area contributed by atoms with Gasteiger partial charge in [0.05, 0.1) is 0 Å². The number of carbonyl (C=O) groups is 1. The van der Waals surface area contributed by atoms with Crippen LogP contribution in [0.15, 0.2) is 35.2 Å². The van der Waals surface area contributed by atoms with Gasteiger partial charge in [-0.15, -0.1) is 0 Å². The van der Waals surface area contributed by atoms with Gasteiger partial charge in [0.2, 0.25) is 13.9 Å². The van der Waals surface area contributed by atoms with Crippen LogP contribution >= 0.6 is 8.03 Å². The first-order valence-corrected chi connectivity index (χ1v) is 12.7. The van der Waals surface area contributed by atoms with Crippen LogP contribution in [-0.2, 0) is 9.36 Å². The molecule has 4 nitrogen and oxygen atoms in total. The minimum Gasteiger partial charge on any atom is -0.369 e. The van der Waals surface area contributed by atoms with Crippen LogP contribution in [-0.4, -0.2) is 10.8 Å². The summed E-state index contributed by atoms with van der Waals surface area (Å²) >= 11 is 0. The van der Waals surface area contributed by atoms with Crippen molar-refractivity contribution in [2.75, 3.05) is 0 Å². The molecular weight excluding hydrogens is 381 g/mol. The Kier molecular flexibility index (Phi) is 5.49. The number of amides is 1. The first-order chi connectivity index (χ1) is 13.7. The molecule has 4 aliphatic carbocycles. The van der Waals surface area contributed by atoms with Crippen molar-refractivity contribution in [2.45, 2.75) is 65.7 Å². The molecule has 5 heteroatoms. The van der Waals surface area contributed by atoms with E-state index in [0.717, 1.165) is 43.8 Å². The lowest BCUT2D eigenvalue weighted by Crippen LogP contribution is -2.48. The van der Waals surface area contributed by atoms with E-state index in [2.05, 4.69) is 39.0 Å². The van der Waals surface area contributed by atoms with Gasteiger partial charge in [-0.1, -0.05) is 51.5 Å². The Morgan fingerprint density at radius 3 is 2.79 bits per heavy atom. The van der Waals surface area contributed by atoms with Crippen LogP contribution in [0.3, 0.4) is 0 Å². The third-order valence-electron chi connectivity index (χ3n) is 9.00. The average Bonchev–Trinajstić information content (AvgIpc) is 3.02. The molecule has 3 N–H and O–H groups in total. The quantitative estimate of drug-likeness (QED) is 0.476. The molecule has 29 heavy (non-hydrogen) atoms. The van der Waals surface area contributed by atoms with E-state index in [1.165, 1.54) is 12.0 Å². The largest absolute Gasteiger partial charge is 0.369 e. The standard InChI is InChI=1S/C24H36NO3P/c1-4-5-18(22(25)26)20-9-8-19-17-7-6-15-14-16(29(27)28)10-12-23(15,2)21(17)11-13-24(19,20)3/h6,11,13-14,17-21,29H,4-5,7-10,12H2,1-3H3,(H2,25,26)(H,27,28)/t17-,18?,19-,20?,21+,23-,24-/m0/s1. The highest BCUT2D eigenvalue weighted by molar-refractivity contribution is 7.43. The SMILES string of the molecule is CCCC(C(N)=O)C1CC[C@H]2[C@@H]3CC=C4C=C([PH](=O)O)CC[C@]4(C)[C@@H]3C=C[C@]12C. The van der Waals surface area contributed by atoms with Crippen LogP contribution in [0.4, 0.5) is 0 Å². The smallest absolute Gasteiger partial charge is 0.220 e. The summed E-state index contributed by atoms with van der Waals surface area (Å²) in [7, 11) is -2.59. The zero-order valence-electron chi connectivity index (χ0n) is 18.0. The summed E-state index contributed by atoms with van der Waals surface area (Å²) in [6.45, 7) is 6.85. The molecule has 0 radical (unpaired) electrons. The van der Waals surface area contributed by atoms with Crippen LogP contribution in [0.25, 0.3) is 0 Å². The average molecular weight is 418 g/mol. The Morgan fingerprint density at radius 2 is 2.14 bits per heavy atom. The van der Waals surface area contributed by atoms with E-state index in [1.54, 1.807) is 0 Å². The lowest BCUT2D eigenvalue weighted by molar-refractivity contribution is -0.125. The van der Waals surface area contributed by atoms with E-state index < -0.39 is 8.03 Å². The fourth-order valence-electron chi connectivity index (χ4n) is 7.41. The van der Waals surface area contributed by atoms with Gasteiger partial charge in [-0.2, -0.15) is 0 Å². The molecule has 0 spiro atoms. The number of hydrogen-bond donors (Lipinski definition) is 2. The number of primary amides is 1. The molecule has 0 aromatic rings. The second-order valence-corrected chi connectivity index (χ2v) is 11.5. The summed E-state index contributed by atoms with van der Waals surface area (Å²) in [5.41, 5.74) is 7.19. The van der Waals surface area contributed by atoms with Gasteiger partial charge in [-0.05, 0) is 78.6 Å². The van der Waals surface area contributed by atoms with E-state index in [0.29, 0.717) is 23.7 Å². The van der Waals surface area contributed by atoms with E-state index >= 15 is 0 Å². The molecule has 1 fully saturated rings. The van der Waals surface area contributed by atoms with Gasteiger partial charge in [0.25, 0.3) is 0 Å². The highest BCUT2D eigenvalue weighted by Crippen LogP contribution is 2.65. The summed E-state index contributed by atoms with van der Waals surface area (Å²) < 4.78 is 11.7. The molecule has 3 unspecified atom stereocenters. The van der Waals surface area contributed by atoms with Crippen molar-refractivity contribution in [1.29, 1.82) is 0 Å². The molecule has 0 heterocycles. The number of hydrogen-bond acceptors (Lipinski definition) is 2. The molecular formula is C24H36NO3P. The highest BCUT2D eigenvalue weighted by Gasteiger charge is 2.57. The summed E-state index contributed by atoms with van der Waals surface area (Å²) in [6, 6.07) is 0. The second kappa shape index (κ2) is 7.54. The van der Waals surface area contributed by atoms with Crippen molar-refractivity contribution in [2.24, 2.45) is 46.2 Å². The van der Waals surface area contributed by atoms with Gasteiger partial charge in [0, 0.05) is 11.2 Å². The third kappa shape index (κ3) is 3.22. The normalized spacial score (nSPS) is 42.8. The van der Waals surface area contributed by atoms with Gasteiger partial charge >= 0.3 is 0 Å². The van der Waals surface area contributed by atoms with Crippen LogP contribution in [0.1, 0.15) is 65.7 Å². The Morgan fingerprint density at radius 1 is 1.38 bits per heavy atom. The summed E-state index contributed by atoms with van der Waals surface area (Å²) in [5, 5.41) is 0.728. The van der Waals surface area contributed by atoms with E-state index in [1.807, 2.05) is 6.08 Å². The number of nitrogens with two attached hydrogens (primary N) is 1. The predicted molar refractivity (Wildman–Crippen MR) is 117 cm³/mol. The number of allylic oxidation sites excluding steroid dienone is 6. The van der Waals surface area contributed by atoms with Crippen molar-refractivity contribution in [3.05, 3.63) is 35.2 Å². The highest BCUT2D eigenvalue weighted by atomic mass is 31.1. The lowest BCUT2D eigenvalue weighted by atomic mass is 9.50. The van der Waals surface area contributed by atoms with Gasteiger partial charge in [0.1, 0.15) is 0 Å². The maximum Gasteiger partial charge on any atom is 0.220 e. The van der Waals surface area contributed by atoms with Crippen molar-refractivity contribution in [3.8, 4) is 0 Å². The first-order valence-electron chi connectivity index (χ1n) is 11.4. The van der Waals surface area contributed by atoms with E-state index in [9.17, 15) is 14.3 Å². The van der Waals surface area contributed by atoms with Crippen molar-refractivity contribution in [1.82, 2.24) is 0 Å². The molecule has 8 atom stereocenters. The fraction of sp³-hybridized carbons (Fsp3) is 0.708. The molecule has 0 aromatic heterocycles. The Hall–Kier alpha value is -1.12. The second-order valence-electron chi connectivity index (χ2n) is 10.3. The maximum absolute atomic E-state index is 12.2. The summed E-state index contributed by atoms with van der Waals surface area (Å²) in [6.07, 6.45) is 16.1. The van der Waals surface area contributed by atoms with E-state index in [4.69, 9.17) is 5.73 Å². The number of carbonyl (C=O) groups excluding carboxylic acids is 1. The molecule has 0 aliphatic heterocycles. The lowest BCUT2D eigenvalue weighted by Gasteiger charge is -2.54. The molecule has 4 rings (SSSR count). The molecule has 1 amide bonds. The third-order valence-corrected chi connectivity index (χ3v) is 9.95. The molecule has 0 bridgehead atoms. The van der Waals surface area contributed by atoms with Gasteiger partial charge in [-0.25, -0.2) is 0 Å². The molecule has 0 saturated heterocycles. The fourth-order valence-corrected chi connectivity index (χ4v) is 8.03. The zero-order valence-corrected chi connectivity index (χ0v) is 19.0. The summed E-state index contributed by atoms with van der Waals surface area (Å²) in [5.74, 6) is 1.83. The Labute approximate surface area is 175 Å². The van der Waals surface area contributed by atoms with Crippen LogP contribution in [0, 0.1) is 40.4 Å². The van der Waals surface area contributed by atoms with Crippen LogP contribution in [0.2, 0.25) is 0 Å². The monoisotopic (exact) mass is 417 g/mol. The molecule has 0 aromatic carbocycles. The Balaban J connectivity index is 1.67. The van der Waals surface area contributed by atoms with Crippen molar-refractivity contribution < 1.29 is 14.3 Å². The van der Waals surface area contributed by atoms with E-state index in [-0.39, 0.29) is 22.7 Å². The zero-order chi connectivity index (χ0) is 21.0. The molecule has 160 valence electrons. The van der Waals surface area contributed by atoms with Gasteiger partial charge in [-0.3, -0.25) is 9.36 Å². The van der Waals surface area contributed by atoms with Crippen molar-refractivity contribution in [3.63, 3.8) is 0 Å². The molecule has 4 aliphatic rings. The molecule has 1 saturated carbocycles. The van der Waals surface area contributed by atoms with Crippen LogP contribution < -0.4 is 5.73 Å². The number of fused-ring (bicyclic) bond motifs is 5. The van der Waals surface area contributed by atoms with Gasteiger partial charge in [0.15, 0.2) is 0 Å². The van der Waals surface area contributed by atoms with Crippen molar-refractivity contribution >= 4 is 13.9 Å². The predicted octanol–water partition coefficient (Wildman–Crippen LogP) is 5.20. The topological polar surface area (TPSA) is 80.4 Å².